The van der Waals surface area contributed by atoms with E-state index in [-0.39, 0.29) is 36.6 Å². The van der Waals surface area contributed by atoms with Gasteiger partial charge in [-0.2, -0.15) is 0 Å². The molecule has 0 bridgehead atoms. The molecule has 0 aromatic heterocycles. The van der Waals surface area contributed by atoms with Gasteiger partial charge in [0.2, 0.25) is 11.8 Å². The fourth-order valence-electron chi connectivity index (χ4n) is 2.41. The summed E-state index contributed by atoms with van der Waals surface area (Å²) in [5.74, 6) is -0.300. The Morgan fingerprint density at radius 3 is 2.77 bits per heavy atom. The number of rotatable bonds is 6. The highest BCUT2D eigenvalue weighted by atomic mass is 79.9. The van der Waals surface area contributed by atoms with Crippen LogP contribution < -0.4 is 15.5 Å². The maximum Gasteiger partial charge on any atom is 0.227 e. The minimum atomic E-state index is -0.265. The van der Waals surface area contributed by atoms with Crippen molar-refractivity contribution < 1.29 is 9.59 Å². The highest BCUT2D eigenvalue weighted by Crippen LogP contribution is 2.31. The number of hydrogen-bond acceptors (Lipinski definition) is 3. The van der Waals surface area contributed by atoms with Gasteiger partial charge >= 0.3 is 0 Å². The standard InChI is InChI=1S/C15H20BrN3O2.ClH/c1-17-7-4-8-18-15(21)11-9-14(20)19(10-11)13-6-3-2-5-12(13)16;/h2-3,5-6,11,17H,4,7-10H2,1H3,(H,18,21);1H. The Balaban J connectivity index is 0.00000242. The maximum absolute atomic E-state index is 12.1. The second-order valence-electron chi connectivity index (χ2n) is 5.10. The third kappa shape index (κ3) is 4.69. The molecule has 1 unspecified atom stereocenters. The summed E-state index contributed by atoms with van der Waals surface area (Å²) in [7, 11) is 1.88. The van der Waals surface area contributed by atoms with Crippen molar-refractivity contribution in [1.82, 2.24) is 10.6 Å². The molecule has 0 aliphatic carbocycles. The van der Waals surface area contributed by atoms with Crippen LogP contribution in [0.1, 0.15) is 12.8 Å². The van der Waals surface area contributed by atoms with Gasteiger partial charge in [-0.15, -0.1) is 12.4 Å². The molecule has 122 valence electrons. The van der Waals surface area contributed by atoms with Crippen molar-refractivity contribution in [2.75, 3.05) is 31.6 Å². The number of carbonyl (C=O) groups excluding carboxylic acids is 2. The number of nitrogens with zero attached hydrogens (tertiary/aromatic N) is 1. The van der Waals surface area contributed by atoms with Crippen molar-refractivity contribution in [1.29, 1.82) is 0 Å². The number of hydrogen-bond donors (Lipinski definition) is 2. The first kappa shape index (κ1) is 18.9. The van der Waals surface area contributed by atoms with E-state index in [1.54, 1.807) is 4.90 Å². The van der Waals surface area contributed by atoms with Crippen LogP contribution in [0.2, 0.25) is 0 Å². The Morgan fingerprint density at radius 2 is 2.09 bits per heavy atom. The van der Waals surface area contributed by atoms with Crippen molar-refractivity contribution >= 4 is 45.8 Å². The minimum Gasteiger partial charge on any atom is -0.356 e. The molecule has 2 N–H and O–H groups in total. The molecule has 5 nitrogen and oxygen atoms in total. The second kappa shape index (κ2) is 9.12. The number of amides is 2. The molecule has 1 aromatic rings. The van der Waals surface area contributed by atoms with Crippen LogP contribution in [0.5, 0.6) is 0 Å². The average molecular weight is 391 g/mol. The van der Waals surface area contributed by atoms with E-state index in [1.165, 1.54) is 0 Å². The van der Waals surface area contributed by atoms with Gasteiger partial charge < -0.3 is 15.5 Å². The molecule has 0 saturated carbocycles. The summed E-state index contributed by atoms with van der Waals surface area (Å²) in [5, 5.41) is 5.93. The molecule has 1 aliphatic rings. The number of benzene rings is 1. The Labute approximate surface area is 145 Å². The van der Waals surface area contributed by atoms with Gasteiger partial charge in [0.1, 0.15) is 0 Å². The van der Waals surface area contributed by atoms with Crippen molar-refractivity contribution in [2.45, 2.75) is 12.8 Å². The molecule has 1 heterocycles. The minimum absolute atomic E-state index is 0. The topological polar surface area (TPSA) is 61.4 Å². The molecule has 0 spiro atoms. The zero-order valence-corrected chi connectivity index (χ0v) is 14.9. The Bertz CT molecular complexity index is 527. The zero-order chi connectivity index (χ0) is 15.2. The van der Waals surface area contributed by atoms with Crippen LogP contribution in [0.4, 0.5) is 5.69 Å². The van der Waals surface area contributed by atoms with Crippen LogP contribution in [0, 0.1) is 5.92 Å². The van der Waals surface area contributed by atoms with Crippen LogP contribution >= 0.6 is 28.3 Å². The lowest BCUT2D eigenvalue weighted by atomic mass is 10.1. The average Bonchev–Trinajstić information content (AvgIpc) is 2.86. The smallest absolute Gasteiger partial charge is 0.227 e. The third-order valence-electron chi connectivity index (χ3n) is 3.54. The fourth-order valence-corrected chi connectivity index (χ4v) is 2.91. The molecule has 1 atom stereocenters. The van der Waals surface area contributed by atoms with Crippen LogP contribution in [0.3, 0.4) is 0 Å². The van der Waals surface area contributed by atoms with E-state index >= 15 is 0 Å². The van der Waals surface area contributed by atoms with E-state index in [0.717, 1.165) is 23.1 Å². The van der Waals surface area contributed by atoms with Gasteiger partial charge in [-0.3, -0.25) is 9.59 Å². The Morgan fingerprint density at radius 1 is 1.36 bits per heavy atom. The SMILES string of the molecule is CNCCCNC(=O)C1CC(=O)N(c2ccccc2Br)C1.Cl. The predicted octanol–water partition coefficient (Wildman–Crippen LogP) is 1.95. The number of carbonyl (C=O) groups is 2. The maximum atomic E-state index is 12.1. The molecule has 22 heavy (non-hydrogen) atoms. The number of nitrogens with one attached hydrogen (secondary N) is 2. The van der Waals surface area contributed by atoms with Gasteiger partial charge in [0.05, 0.1) is 11.6 Å². The number of halogens is 2. The molecule has 2 amide bonds. The summed E-state index contributed by atoms with van der Waals surface area (Å²) in [4.78, 5) is 25.9. The highest BCUT2D eigenvalue weighted by molar-refractivity contribution is 9.10. The summed E-state index contributed by atoms with van der Waals surface area (Å²) in [6, 6.07) is 7.57. The lowest BCUT2D eigenvalue weighted by Gasteiger charge is -2.18. The molecule has 0 radical (unpaired) electrons. The van der Waals surface area contributed by atoms with E-state index in [9.17, 15) is 9.59 Å². The predicted molar refractivity (Wildman–Crippen MR) is 93.4 cm³/mol. The van der Waals surface area contributed by atoms with Crippen LogP contribution in [-0.2, 0) is 9.59 Å². The summed E-state index contributed by atoms with van der Waals surface area (Å²) in [5.41, 5.74) is 0.827. The van der Waals surface area contributed by atoms with E-state index in [2.05, 4.69) is 26.6 Å². The molecule has 1 saturated heterocycles. The monoisotopic (exact) mass is 389 g/mol. The van der Waals surface area contributed by atoms with E-state index < -0.39 is 0 Å². The van der Waals surface area contributed by atoms with Crippen LogP contribution in [0.15, 0.2) is 28.7 Å². The second-order valence-corrected chi connectivity index (χ2v) is 5.96. The number of para-hydroxylation sites is 1. The van der Waals surface area contributed by atoms with Crippen molar-refractivity contribution in [2.24, 2.45) is 5.92 Å². The molecule has 1 aliphatic heterocycles. The fraction of sp³-hybridized carbons (Fsp3) is 0.467. The Hall–Kier alpha value is -1.11. The molecule has 2 rings (SSSR count). The van der Waals surface area contributed by atoms with Crippen LogP contribution in [0.25, 0.3) is 0 Å². The highest BCUT2D eigenvalue weighted by Gasteiger charge is 2.35. The molecule has 1 fully saturated rings. The lowest BCUT2D eigenvalue weighted by molar-refractivity contribution is -0.126. The van der Waals surface area contributed by atoms with E-state index in [1.807, 2.05) is 31.3 Å². The van der Waals surface area contributed by atoms with Gasteiger partial charge in [-0.1, -0.05) is 12.1 Å². The first-order valence-electron chi connectivity index (χ1n) is 7.10. The Kier molecular flexibility index (Phi) is 7.85. The van der Waals surface area contributed by atoms with Gasteiger partial charge in [0, 0.05) is 24.0 Å². The first-order valence-corrected chi connectivity index (χ1v) is 7.90. The van der Waals surface area contributed by atoms with Gasteiger partial charge in [0.25, 0.3) is 0 Å². The summed E-state index contributed by atoms with van der Waals surface area (Å²) in [6.45, 7) is 1.95. The summed E-state index contributed by atoms with van der Waals surface area (Å²) in [6.07, 6.45) is 1.16. The summed E-state index contributed by atoms with van der Waals surface area (Å²) >= 11 is 3.45. The molecular formula is C15H21BrClN3O2. The number of anilines is 1. The first-order chi connectivity index (χ1) is 10.1. The normalized spacial score (nSPS) is 17.3. The quantitative estimate of drug-likeness (QED) is 0.730. The molecule has 7 heteroatoms. The third-order valence-corrected chi connectivity index (χ3v) is 4.21. The van der Waals surface area contributed by atoms with Crippen molar-refractivity contribution in [3.8, 4) is 0 Å². The molecular weight excluding hydrogens is 370 g/mol. The summed E-state index contributed by atoms with van der Waals surface area (Å²) < 4.78 is 0.869. The lowest BCUT2D eigenvalue weighted by Crippen LogP contribution is -2.34. The van der Waals surface area contributed by atoms with Gasteiger partial charge in [0.15, 0.2) is 0 Å². The van der Waals surface area contributed by atoms with E-state index in [0.29, 0.717) is 13.1 Å². The van der Waals surface area contributed by atoms with Crippen molar-refractivity contribution in [3.05, 3.63) is 28.7 Å². The van der Waals surface area contributed by atoms with Gasteiger partial charge in [-0.25, -0.2) is 0 Å². The zero-order valence-electron chi connectivity index (χ0n) is 12.5. The molecule has 1 aromatic carbocycles. The van der Waals surface area contributed by atoms with Crippen LogP contribution in [-0.4, -0.2) is 38.5 Å². The largest absolute Gasteiger partial charge is 0.356 e. The van der Waals surface area contributed by atoms with Gasteiger partial charge in [-0.05, 0) is 48.1 Å². The van der Waals surface area contributed by atoms with Crippen molar-refractivity contribution in [3.63, 3.8) is 0 Å². The van der Waals surface area contributed by atoms with E-state index in [4.69, 9.17) is 0 Å².